The highest BCUT2D eigenvalue weighted by Gasteiger charge is 2.26. The monoisotopic (exact) mass is 383 g/mol. The van der Waals surface area contributed by atoms with E-state index in [9.17, 15) is 4.79 Å². The van der Waals surface area contributed by atoms with Crippen LogP contribution in [0.3, 0.4) is 0 Å². The molecule has 1 amide bonds. The van der Waals surface area contributed by atoms with Crippen LogP contribution in [-0.4, -0.2) is 25.7 Å². The molecule has 0 spiro atoms. The lowest BCUT2D eigenvalue weighted by Crippen LogP contribution is -2.13. The minimum absolute atomic E-state index is 0.253. The van der Waals surface area contributed by atoms with E-state index in [1.165, 1.54) is 0 Å². The molecule has 7 heteroatoms. The van der Waals surface area contributed by atoms with Crippen LogP contribution in [0.5, 0.6) is 0 Å². The third-order valence-corrected chi connectivity index (χ3v) is 4.34. The minimum atomic E-state index is -0.253. The molecule has 6 nitrogen and oxygen atoms in total. The second-order valence-electron chi connectivity index (χ2n) is 5.69. The van der Waals surface area contributed by atoms with Gasteiger partial charge in [0.2, 0.25) is 0 Å². The number of aromatic nitrogens is 4. The van der Waals surface area contributed by atoms with Crippen LogP contribution >= 0.6 is 15.9 Å². The summed E-state index contributed by atoms with van der Waals surface area (Å²) in [5, 5.41) is 11.1. The SMILES string of the molecule is O=C(Nc1cccc(-c2nncn2C2CC2)c1)c1cc(Br)ccn1. The average Bonchev–Trinajstić information content (AvgIpc) is 3.32. The van der Waals surface area contributed by atoms with Gasteiger partial charge in [-0.05, 0) is 37.1 Å². The molecule has 24 heavy (non-hydrogen) atoms. The summed E-state index contributed by atoms with van der Waals surface area (Å²) in [6.07, 6.45) is 5.68. The fourth-order valence-corrected chi connectivity index (χ4v) is 2.86. The Hall–Kier alpha value is -2.54. The Kier molecular flexibility index (Phi) is 3.86. The van der Waals surface area contributed by atoms with Crippen LogP contribution in [0.25, 0.3) is 11.4 Å². The highest BCUT2D eigenvalue weighted by atomic mass is 79.9. The normalized spacial score (nSPS) is 13.7. The van der Waals surface area contributed by atoms with E-state index in [1.807, 2.05) is 24.3 Å². The van der Waals surface area contributed by atoms with Gasteiger partial charge in [-0.2, -0.15) is 0 Å². The molecule has 3 aromatic rings. The van der Waals surface area contributed by atoms with Gasteiger partial charge >= 0.3 is 0 Å². The summed E-state index contributed by atoms with van der Waals surface area (Å²) in [4.78, 5) is 16.4. The Morgan fingerprint density at radius 2 is 2.12 bits per heavy atom. The van der Waals surface area contributed by atoms with Crippen LogP contribution in [0, 0.1) is 0 Å². The van der Waals surface area contributed by atoms with Crippen molar-refractivity contribution in [3.8, 4) is 11.4 Å². The molecule has 0 aliphatic heterocycles. The summed E-state index contributed by atoms with van der Waals surface area (Å²) in [5.41, 5.74) is 1.99. The molecule has 1 fully saturated rings. The summed E-state index contributed by atoms with van der Waals surface area (Å²) in [5.74, 6) is 0.575. The number of anilines is 1. The zero-order chi connectivity index (χ0) is 16.5. The maximum atomic E-state index is 12.3. The zero-order valence-electron chi connectivity index (χ0n) is 12.7. The van der Waals surface area contributed by atoms with Gasteiger partial charge in [-0.25, -0.2) is 0 Å². The van der Waals surface area contributed by atoms with E-state index in [2.05, 4.69) is 41.0 Å². The molecule has 0 saturated heterocycles. The first-order chi connectivity index (χ1) is 11.7. The van der Waals surface area contributed by atoms with E-state index in [0.717, 1.165) is 28.7 Å². The van der Waals surface area contributed by atoms with Crippen molar-refractivity contribution in [2.75, 3.05) is 5.32 Å². The fourth-order valence-electron chi connectivity index (χ4n) is 2.53. The van der Waals surface area contributed by atoms with Crippen molar-refractivity contribution < 1.29 is 4.79 Å². The summed E-state index contributed by atoms with van der Waals surface area (Å²) in [6.45, 7) is 0. The summed E-state index contributed by atoms with van der Waals surface area (Å²) in [6, 6.07) is 11.6. The second-order valence-corrected chi connectivity index (χ2v) is 6.60. The second kappa shape index (κ2) is 6.16. The standard InChI is InChI=1S/C17H14BrN5O/c18-12-6-7-19-15(9-12)17(24)21-13-3-1-2-11(8-13)16-22-20-10-23(16)14-4-5-14/h1-3,6-10,14H,4-5H2,(H,21,24). The molecule has 0 atom stereocenters. The van der Waals surface area contributed by atoms with Crippen molar-refractivity contribution in [2.45, 2.75) is 18.9 Å². The van der Waals surface area contributed by atoms with Crippen molar-refractivity contribution in [3.63, 3.8) is 0 Å². The van der Waals surface area contributed by atoms with E-state index >= 15 is 0 Å². The molecule has 120 valence electrons. The van der Waals surface area contributed by atoms with Crippen LogP contribution < -0.4 is 5.32 Å². The molecule has 1 saturated carbocycles. The predicted octanol–water partition coefficient (Wildman–Crippen LogP) is 3.69. The molecule has 2 aromatic heterocycles. The van der Waals surface area contributed by atoms with Gasteiger partial charge in [0, 0.05) is 28.0 Å². The lowest BCUT2D eigenvalue weighted by Gasteiger charge is -2.08. The van der Waals surface area contributed by atoms with E-state index in [4.69, 9.17) is 0 Å². The first kappa shape index (κ1) is 15.0. The highest BCUT2D eigenvalue weighted by molar-refractivity contribution is 9.10. The van der Waals surface area contributed by atoms with Crippen molar-refractivity contribution in [1.82, 2.24) is 19.7 Å². The van der Waals surface area contributed by atoms with Crippen molar-refractivity contribution in [3.05, 3.63) is 59.1 Å². The molecule has 1 aliphatic rings. The Labute approximate surface area is 147 Å². The number of nitrogens with zero attached hydrogens (tertiary/aromatic N) is 4. The number of pyridine rings is 1. The van der Waals surface area contributed by atoms with E-state index in [-0.39, 0.29) is 5.91 Å². The summed E-state index contributed by atoms with van der Waals surface area (Å²) >= 11 is 3.34. The molecule has 0 radical (unpaired) electrons. The fraction of sp³-hybridized carbons (Fsp3) is 0.176. The number of amides is 1. The predicted molar refractivity (Wildman–Crippen MR) is 93.6 cm³/mol. The van der Waals surface area contributed by atoms with Crippen LogP contribution in [0.2, 0.25) is 0 Å². The van der Waals surface area contributed by atoms with Gasteiger partial charge in [-0.15, -0.1) is 10.2 Å². The smallest absolute Gasteiger partial charge is 0.274 e. The first-order valence-corrected chi connectivity index (χ1v) is 8.43. The number of carbonyl (C=O) groups excluding carboxylic acids is 1. The van der Waals surface area contributed by atoms with E-state index < -0.39 is 0 Å². The van der Waals surface area contributed by atoms with Crippen LogP contribution in [-0.2, 0) is 0 Å². The molecule has 0 unspecified atom stereocenters. The maximum Gasteiger partial charge on any atom is 0.274 e. The van der Waals surface area contributed by atoms with Crippen molar-refractivity contribution in [2.24, 2.45) is 0 Å². The quantitative estimate of drug-likeness (QED) is 0.745. The Morgan fingerprint density at radius 1 is 1.25 bits per heavy atom. The van der Waals surface area contributed by atoms with Gasteiger partial charge in [0.05, 0.1) is 0 Å². The number of halogens is 1. The number of hydrogen-bond acceptors (Lipinski definition) is 4. The molecule has 1 aromatic carbocycles. The van der Waals surface area contributed by atoms with E-state index in [0.29, 0.717) is 17.4 Å². The van der Waals surface area contributed by atoms with Crippen LogP contribution in [0.15, 0.2) is 53.4 Å². The zero-order valence-corrected chi connectivity index (χ0v) is 14.3. The lowest BCUT2D eigenvalue weighted by atomic mass is 10.2. The van der Waals surface area contributed by atoms with Crippen molar-refractivity contribution in [1.29, 1.82) is 0 Å². The largest absolute Gasteiger partial charge is 0.321 e. The number of benzene rings is 1. The molecule has 1 aliphatic carbocycles. The molecule has 4 rings (SSSR count). The van der Waals surface area contributed by atoms with Gasteiger partial charge in [-0.3, -0.25) is 9.78 Å². The summed E-state index contributed by atoms with van der Waals surface area (Å²) < 4.78 is 2.91. The molecule has 2 heterocycles. The molecular formula is C17H14BrN5O. The van der Waals surface area contributed by atoms with Gasteiger partial charge in [-0.1, -0.05) is 28.1 Å². The number of hydrogen-bond donors (Lipinski definition) is 1. The number of nitrogens with one attached hydrogen (secondary N) is 1. The Balaban J connectivity index is 1.58. The van der Waals surface area contributed by atoms with Gasteiger partial charge in [0.1, 0.15) is 12.0 Å². The number of rotatable bonds is 4. The van der Waals surface area contributed by atoms with Gasteiger partial charge < -0.3 is 9.88 Å². The number of carbonyl (C=O) groups is 1. The van der Waals surface area contributed by atoms with E-state index in [1.54, 1.807) is 24.7 Å². The molecular weight excluding hydrogens is 370 g/mol. The Morgan fingerprint density at radius 3 is 2.92 bits per heavy atom. The topological polar surface area (TPSA) is 72.7 Å². The van der Waals surface area contributed by atoms with Gasteiger partial charge in [0.15, 0.2) is 5.82 Å². The van der Waals surface area contributed by atoms with Crippen molar-refractivity contribution >= 4 is 27.5 Å². The third kappa shape index (κ3) is 3.07. The third-order valence-electron chi connectivity index (χ3n) is 3.85. The van der Waals surface area contributed by atoms with Crippen LogP contribution in [0.4, 0.5) is 5.69 Å². The minimum Gasteiger partial charge on any atom is -0.321 e. The first-order valence-electron chi connectivity index (χ1n) is 7.63. The Bertz CT molecular complexity index is 903. The highest BCUT2D eigenvalue weighted by Crippen LogP contribution is 2.37. The maximum absolute atomic E-state index is 12.3. The summed E-state index contributed by atoms with van der Waals surface area (Å²) in [7, 11) is 0. The van der Waals surface area contributed by atoms with Crippen LogP contribution in [0.1, 0.15) is 29.4 Å². The van der Waals surface area contributed by atoms with Gasteiger partial charge in [0.25, 0.3) is 5.91 Å². The average molecular weight is 384 g/mol. The molecule has 0 bridgehead atoms. The molecule has 1 N–H and O–H groups in total. The lowest BCUT2D eigenvalue weighted by molar-refractivity contribution is 0.102.